The largest absolute Gasteiger partial charge is 0.465 e. The Morgan fingerprint density at radius 2 is 2.11 bits per heavy atom. The molecule has 18 heavy (non-hydrogen) atoms. The Balaban J connectivity index is 2.03. The molecule has 0 saturated heterocycles. The van der Waals surface area contributed by atoms with Crippen LogP contribution in [0.4, 0.5) is 5.69 Å². The van der Waals surface area contributed by atoms with Crippen molar-refractivity contribution >= 4 is 17.7 Å². The van der Waals surface area contributed by atoms with E-state index in [0.717, 1.165) is 11.3 Å². The molecule has 1 aromatic carbocycles. The second kappa shape index (κ2) is 5.36. The number of carbonyl (C=O) groups excluding carboxylic acids is 1. The zero-order valence-electron chi connectivity index (χ0n) is 10.4. The summed E-state index contributed by atoms with van der Waals surface area (Å²) in [7, 11) is 0. The van der Waals surface area contributed by atoms with Crippen molar-refractivity contribution in [3.8, 4) is 0 Å². The molecule has 1 amide bonds. The summed E-state index contributed by atoms with van der Waals surface area (Å²) in [5.41, 5.74) is 3.06. The molecule has 0 saturated carbocycles. The highest BCUT2D eigenvalue weighted by Crippen LogP contribution is 2.16. The Hall–Kier alpha value is -2.29. The van der Waals surface area contributed by atoms with Gasteiger partial charge in [0, 0.05) is 11.8 Å². The lowest BCUT2D eigenvalue weighted by Gasteiger charge is -2.06. The predicted octanol–water partition coefficient (Wildman–Crippen LogP) is 3.55. The van der Waals surface area contributed by atoms with Crippen molar-refractivity contribution in [2.24, 2.45) is 0 Å². The van der Waals surface area contributed by atoms with Crippen LogP contribution in [0.25, 0.3) is 6.08 Å². The maximum Gasteiger partial charge on any atom is 0.248 e. The third kappa shape index (κ3) is 3.10. The van der Waals surface area contributed by atoms with Gasteiger partial charge in [-0.25, -0.2) is 0 Å². The first-order valence-corrected chi connectivity index (χ1v) is 5.75. The highest BCUT2D eigenvalue weighted by atomic mass is 16.3. The number of aryl methyl sites for hydroxylation is 2. The normalized spacial score (nSPS) is 10.8. The number of rotatable bonds is 3. The molecule has 0 unspecified atom stereocenters. The fourth-order valence-corrected chi connectivity index (χ4v) is 1.67. The van der Waals surface area contributed by atoms with Crippen LogP contribution in [0.3, 0.4) is 0 Å². The van der Waals surface area contributed by atoms with Crippen LogP contribution < -0.4 is 5.32 Å². The molecule has 1 N–H and O–H groups in total. The quantitative estimate of drug-likeness (QED) is 0.835. The fraction of sp³-hybridized carbons (Fsp3) is 0.133. The topological polar surface area (TPSA) is 42.2 Å². The lowest BCUT2D eigenvalue weighted by molar-refractivity contribution is -0.111. The molecule has 1 aromatic heterocycles. The summed E-state index contributed by atoms with van der Waals surface area (Å²) in [4.78, 5) is 11.7. The van der Waals surface area contributed by atoms with Gasteiger partial charge in [0.05, 0.1) is 6.26 Å². The van der Waals surface area contributed by atoms with E-state index in [4.69, 9.17) is 4.42 Å². The SMILES string of the molecule is Cc1ccc(NC(=O)/C=C/c2ccco2)c(C)c1. The van der Waals surface area contributed by atoms with E-state index in [0.29, 0.717) is 5.76 Å². The van der Waals surface area contributed by atoms with Gasteiger partial charge in [-0.15, -0.1) is 0 Å². The Morgan fingerprint density at radius 3 is 2.78 bits per heavy atom. The lowest BCUT2D eigenvalue weighted by atomic mass is 10.1. The summed E-state index contributed by atoms with van der Waals surface area (Å²) < 4.78 is 5.11. The molecule has 0 aliphatic heterocycles. The van der Waals surface area contributed by atoms with Crippen molar-refractivity contribution in [3.63, 3.8) is 0 Å². The molecule has 2 aromatic rings. The Bertz CT molecular complexity index is 568. The molecular formula is C15H15NO2. The number of amides is 1. The van der Waals surface area contributed by atoms with Gasteiger partial charge in [0.25, 0.3) is 0 Å². The van der Waals surface area contributed by atoms with Gasteiger partial charge in [-0.05, 0) is 43.7 Å². The molecule has 0 aliphatic rings. The predicted molar refractivity (Wildman–Crippen MR) is 72.3 cm³/mol. The van der Waals surface area contributed by atoms with Crippen LogP contribution in [-0.4, -0.2) is 5.91 Å². The van der Waals surface area contributed by atoms with E-state index in [1.54, 1.807) is 24.5 Å². The van der Waals surface area contributed by atoms with Crippen molar-refractivity contribution in [2.45, 2.75) is 13.8 Å². The summed E-state index contributed by atoms with van der Waals surface area (Å²) in [6, 6.07) is 9.48. The molecule has 3 heteroatoms. The number of hydrogen-bond donors (Lipinski definition) is 1. The molecule has 92 valence electrons. The van der Waals surface area contributed by atoms with Crippen LogP contribution in [0.1, 0.15) is 16.9 Å². The minimum atomic E-state index is -0.168. The molecule has 1 heterocycles. The monoisotopic (exact) mass is 241 g/mol. The fourth-order valence-electron chi connectivity index (χ4n) is 1.67. The number of benzene rings is 1. The van der Waals surface area contributed by atoms with Crippen molar-refractivity contribution in [3.05, 3.63) is 59.6 Å². The van der Waals surface area contributed by atoms with E-state index in [9.17, 15) is 4.79 Å². The average Bonchev–Trinajstić information content (AvgIpc) is 2.83. The van der Waals surface area contributed by atoms with E-state index in [-0.39, 0.29) is 5.91 Å². The van der Waals surface area contributed by atoms with Crippen LogP contribution in [-0.2, 0) is 4.79 Å². The molecular weight excluding hydrogens is 226 g/mol. The highest BCUT2D eigenvalue weighted by molar-refractivity contribution is 6.02. The van der Waals surface area contributed by atoms with Crippen LogP contribution >= 0.6 is 0 Å². The van der Waals surface area contributed by atoms with E-state index in [1.165, 1.54) is 11.6 Å². The van der Waals surface area contributed by atoms with Gasteiger partial charge in [-0.3, -0.25) is 4.79 Å². The van der Waals surface area contributed by atoms with Crippen LogP contribution in [0, 0.1) is 13.8 Å². The number of anilines is 1. The number of hydrogen-bond acceptors (Lipinski definition) is 2. The molecule has 0 bridgehead atoms. The van der Waals surface area contributed by atoms with Crippen molar-refractivity contribution in [1.82, 2.24) is 0 Å². The van der Waals surface area contributed by atoms with Gasteiger partial charge in [0.15, 0.2) is 0 Å². The second-order valence-corrected chi connectivity index (χ2v) is 4.16. The molecule has 2 rings (SSSR count). The molecule has 3 nitrogen and oxygen atoms in total. The molecule has 0 atom stereocenters. The average molecular weight is 241 g/mol. The van der Waals surface area contributed by atoms with E-state index in [1.807, 2.05) is 32.0 Å². The zero-order chi connectivity index (χ0) is 13.0. The minimum Gasteiger partial charge on any atom is -0.465 e. The first-order valence-electron chi connectivity index (χ1n) is 5.75. The second-order valence-electron chi connectivity index (χ2n) is 4.16. The number of furan rings is 1. The zero-order valence-corrected chi connectivity index (χ0v) is 10.4. The smallest absolute Gasteiger partial charge is 0.248 e. The Labute approximate surface area is 106 Å². The van der Waals surface area contributed by atoms with Crippen molar-refractivity contribution < 1.29 is 9.21 Å². The third-order valence-corrected chi connectivity index (χ3v) is 2.58. The van der Waals surface area contributed by atoms with E-state index in [2.05, 4.69) is 5.32 Å². The molecule has 0 spiro atoms. The summed E-state index contributed by atoms with van der Waals surface area (Å²) >= 11 is 0. The summed E-state index contributed by atoms with van der Waals surface area (Å²) in [6.07, 6.45) is 4.67. The summed E-state index contributed by atoms with van der Waals surface area (Å²) in [6.45, 7) is 3.99. The van der Waals surface area contributed by atoms with E-state index < -0.39 is 0 Å². The maximum atomic E-state index is 11.7. The Kier molecular flexibility index (Phi) is 3.63. The highest BCUT2D eigenvalue weighted by Gasteiger charge is 2.01. The van der Waals surface area contributed by atoms with Crippen molar-refractivity contribution in [2.75, 3.05) is 5.32 Å². The summed E-state index contributed by atoms with van der Waals surface area (Å²) in [5.74, 6) is 0.490. The molecule has 0 fully saturated rings. The van der Waals surface area contributed by atoms with Gasteiger partial charge in [0.1, 0.15) is 5.76 Å². The van der Waals surface area contributed by atoms with Gasteiger partial charge < -0.3 is 9.73 Å². The first kappa shape index (κ1) is 12.2. The van der Waals surface area contributed by atoms with Gasteiger partial charge >= 0.3 is 0 Å². The molecule has 0 radical (unpaired) electrons. The number of carbonyl (C=O) groups is 1. The standard InChI is InChI=1S/C15H15NO2/c1-11-5-7-14(12(2)10-11)16-15(17)8-6-13-4-3-9-18-13/h3-10H,1-2H3,(H,16,17)/b8-6+. The third-order valence-electron chi connectivity index (χ3n) is 2.58. The Morgan fingerprint density at radius 1 is 1.28 bits per heavy atom. The van der Waals surface area contributed by atoms with Crippen LogP contribution in [0.15, 0.2) is 47.1 Å². The molecule has 0 aliphatic carbocycles. The lowest BCUT2D eigenvalue weighted by Crippen LogP contribution is -2.08. The van der Waals surface area contributed by atoms with Crippen LogP contribution in [0.2, 0.25) is 0 Å². The van der Waals surface area contributed by atoms with Gasteiger partial charge in [-0.2, -0.15) is 0 Å². The van der Waals surface area contributed by atoms with E-state index >= 15 is 0 Å². The van der Waals surface area contributed by atoms with Crippen molar-refractivity contribution in [1.29, 1.82) is 0 Å². The van der Waals surface area contributed by atoms with Gasteiger partial charge in [-0.1, -0.05) is 17.7 Å². The van der Waals surface area contributed by atoms with Gasteiger partial charge in [0.2, 0.25) is 5.91 Å². The minimum absolute atomic E-state index is 0.168. The summed E-state index contributed by atoms with van der Waals surface area (Å²) in [5, 5.41) is 2.83. The first-order chi connectivity index (χ1) is 8.65. The van der Waals surface area contributed by atoms with Crippen LogP contribution in [0.5, 0.6) is 0 Å². The number of nitrogens with one attached hydrogen (secondary N) is 1. The maximum absolute atomic E-state index is 11.7.